The third-order valence-corrected chi connectivity index (χ3v) is 2.37. The maximum Gasteiger partial charge on any atom is 0.390 e. The van der Waals surface area contributed by atoms with Crippen LogP contribution in [0.5, 0.6) is 0 Å². The van der Waals surface area contributed by atoms with Gasteiger partial charge in [0.15, 0.2) is 0 Å². The molecule has 1 aromatic rings. The van der Waals surface area contributed by atoms with Gasteiger partial charge in [0.05, 0.1) is 6.42 Å². The highest BCUT2D eigenvalue weighted by Crippen LogP contribution is 2.21. The molecule has 0 aromatic carbocycles. The summed E-state index contributed by atoms with van der Waals surface area (Å²) < 4.78 is 37.8. The van der Waals surface area contributed by atoms with E-state index >= 15 is 0 Å². The molecule has 1 atom stereocenters. The Bertz CT molecular complexity index is 415. The first-order valence-electron chi connectivity index (χ1n) is 5.17. The molecule has 0 radical (unpaired) electrons. The Labute approximate surface area is 97.8 Å². The molecule has 94 valence electrons. The molecule has 1 heterocycles. The summed E-state index contributed by atoms with van der Waals surface area (Å²) in [4.78, 5) is 0. The Hall–Kier alpha value is -1.48. The predicted molar refractivity (Wildman–Crippen MR) is 57.1 cm³/mol. The summed E-state index contributed by atoms with van der Waals surface area (Å²) in [5.41, 5.74) is 1.29. The van der Waals surface area contributed by atoms with Crippen LogP contribution in [0.15, 0.2) is 12.3 Å². The molecule has 0 aliphatic rings. The summed E-state index contributed by atoms with van der Waals surface area (Å²) in [6.45, 7) is 1.81. The first kappa shape index (κ1) is 13.6. The number of aromatic nitrogens is 1. The minimum atomic E-state index is -4.15. The van der Waals surface area contributed by atoms with E-state index in [2.05, 4.69) is 5.32 Å². The number of alkyl halides is 3. The van der Waals surface area contributed by atoms with Crippen molar-refractivity contribution in [2.45, 2.75) is 32.1 Å². The maximum atomic E-state index is 12.1. The van der Waals surface area contributed by atoms with E-state index in [1.807, 2.05) is 6.07 Å². The van der Waals surface area contributed by atoms with Crippen molar-refractivity contribution in [2.75, 3.05) is 0 Å². The molecule has 0 saturated carbocycles. The second kappa shape index (κ2) is 5.23. The highest BCUT2D eigenvalue weighted by Gasteiger charge is 2.29. The van der Waals surface area contributed by atoms with E-state index in [4.69, 9.17) is 5.26 Å². The van der Waals surface area contributed by atoms with Gasteiger partial charge in [-0.2, -0.15) is 18.4 Å². The largest absolute Gasteiger partial charge is 0.390 e. The van der Waals surface area contributed by atoms with Crippen LogP contribution >= 0.6 is 0 Å². The topological polar surface area (TPSA) is 40.8 Å². The van der Waals surface area contributed by atoms with Crippen LogP contribution in [0.2, 0.25) is 0 Å². The van der Waals surface area contributed by atoms with Gasteiger partial charge in [0.2, 0.25) is 0 Å². The molecule has 0 fully saturated rings. The fourth-order valence-corrected chi connectivity index (χ4v) is 1.55. The third kappa shape index (κ3) is 4.49. The van der Waals surface area contributed by atoms with Gasteiger partial charge in [-0.05, 0) is 18.6 Å². The number of aryl methyl sites for hydroxylation is 1. The van der Waals surface area contributed by atoms with E-state index < -0.39 is 18.6 Å². The van der Waals surface area contributed by atoms with Crippen LogP contribution < -0.4 is 5.32 Å². The predicted octanol–water partition coefficient (Wildman–Crippen LogP) is 2.33. The van der Waals surface area contributed by atoms with Gasteiger partial charge in [-0.3, -0.25) is 0 Å². The number of hydrogen-bond donors (Lipinski definition) is 1. The zero-order valence-corrected chi connectivity index (χ0v) is 9.67. The van der Waals surface area contributed by atoms with Crippen LogP contribution in [0.25, 0.3) is 0 Å². The summed E-state index contributed by atoms with van der Waals surface area (Å²) in [6.07, 6.45) is -3.28. The van der Waals surface area contributed by atoms with E-state index in [1.54, 1.807) is 23.9 Å². The summed E-state index contributed by atoms with van der Waals surface area (Å²) in [5, 5.41) is 11.5. The molecule has 0 bridgehead atoms. The van der Waals surface area contributed by atoms with Crippen LogP contribution in [0.3, 0.4) is 0 Å². The van der Waals surface area contributed by atoms with Crippen molar-refractivity contribution >= 4 is 0 Å². The summed E-state index contributed by atoms with van der Waals surface area (Å²) >= 11 is 0. The number of nitriles is 1. The molecular formula is C11H14F3N3. The SMILES string of the molecule is CC(CC(F)(F)F)NCc1cc(C#N)n(C)c1. The number of nitrogens with one attached hydrogen (secondary N) is 1. The second-order valence-electron chi connectivity index (χ2n) is 4.06. The number of nitrogens with zero attached hydrogens (tertiary/aromatic N) is 2. The third-order valence-electron chi connectivity index (χ3n) is 2.37. The Morgan fingerprint density at radius 3 is 2.65 bits per heavy atom. The molecular weight excluding hydrogens is 231 g/mol. The highest BCUT2D eigenvalue weighted by atomic mass is 19.4. The highest BCUT2D eigenvalue weighted by molar-refractivity contribution is 5.28. The van der Waals surface area contributed by atoms with Crippen molar-refractivity contribution in [2.24, 2.45) is 7.05 Å². The monoisotopic (exact) mass is 245 g/mol. The van der Waals surface area contributed by atoms with Gasteiger partial charge in [-0.1, -0.05) is 0 Å². The average Bonchev–Trinajstić information content (AvgIpc) is 2.53. The lowest BCUT2D eigenvalue weighted by Gasteiger charge is -2.15. The lowest BCUT2D eigenvalue weighted by molar-refractivity contribution is -0.139. The van der Waals surface area contributed by atoms with E-state index in [1.165, 1.54) is 6.92 Å². The summed E-state index contributed by atoms with van der Waals surface area (Å²) in [5.74, 6) is 0. The molecule has 6 heteroatoms. The van der Waals surface area contributed by atoms with Crippen molar-refractivity contribution in [1.82, 2.24) is 9.88 Å². The van der Waals surface area contributed by atoms with E-state index in [9.17, 15) is 13.2 Å². The average molecular weight is 245 g/mol. The Morgan fingerprint density at radius 2 is 2.18 bits per heavy atom. The Balaban J connectivity index is 2.48. The molecule has 1 aromatic heterocycles. The van der Waals surface area contributed by atoms with E-state index in [-0.39, 0.29) is 0 Å². The molecule has 0 aliphatic heterocycles. The number of rotatable bonds is 4. The Morgan fingerprint density at radius 1 is 1.53 bits per heavy atom. The number of hydrogen-bond acceptors (Lipinski definition) is 2. The normalized spacial score (nSPS) is 13.4. The molecule has 0 saturated heterocycles. The zero-order chi connectivity index (χ0) is 13.1. The zero-order valence-electron chi connectivity index (χ0n) is 9.67. The fraction of sp³-hybridized carbons (Fsp3) is 0.545. The summed E-state index contributed by atoms with van der Waals surface area (Å²) in [6, 6.07) is 3.02. The minimum Gasteiger partial charge on any atom is -0.342 e. The van der Waals surface area contributed by atoms with Crippen molar-refractivity contribution in [3.05, 3.63) is 23.5 Å². The Kier molecular flexibility index (Phi) is 4.18. The maximum absolute atomic E-state index is 12.1. The lowest BCUT2D eigenvalue weighted by Crippen LogP contribution is -2.30. The van der Waals surface area contributed by atoms with Gasteiger partial charge in [0, 0.05) is 25.8 Å². The molecule has 3 nitrogen and oxygen atoms in total. The smallest absolute Gasteiger partial charge is 0.342 e. The standard InChI is InChI=1S/C11H14F3N3/c1-8(4-11(12,13)14)16-6-9-3-10(5-15)17(2)7-9/h3,7-8,16H,4,6H2,1-2H3. The van der Waals surface area contributed by atoms with Crippen molar-refractivity contribution in [3.63, 3.8) is 0 Å². The first-order chi connectivity index (χ1) is 7.81. The van der Waals surface area contributed by atoms with Crippen LogP contribution in [0, 0.1) is 11.3 Å². The van der Waals surface area contributed by atoms with Crippen LogP contribution in [0.1, 0.15) is 24.6 Å². The molecule has 0 spiro atoms. The minimum absolute atomic E-state index is 0.326. The van der Waals surface area contributed by atoms with Crippen molar-refractivity contribution in [1.29, 1.82) is 5.26 Å². The van der Waals surface area contributed by atoms with Crippen molar-refractivity contribution < 1.29 is 13.2 Å². The first-order valence-corrected chi connectivity index (χ1v) is 5.17. The molecule has 0 amide bonds. The molecule has 1 rings (SSSR count). The van der Waals surface area contributed by atoms with Crippen LogP contribution in [-0.2, 0) is 13.6 Å². The van der Waals surface area contributed by atoms with Gasteiger partial charge >= 0.3 is 6.18 Å². The molecule has 1 unspecified atom stereocenters. The van der Waals surface area contributed by atoms with Gasteiger partial charge in [-0.25, -0.2) is 0 Å². The van der Waals surface area contributed by atoms with E-state index in [0.29, 0.717) is 12.2 Å². The fourth-order valence-electron chi connectivity index (χ4n) is 1.55. The molecule has 1 N–H and O–H groups in total. The van der Waals surface area contributed by atoms with E-state index in [0.717, 1.165) is 5.56 Å². The van der Waals surface area contributed by atoms with Gasteiger partial charge < -0.3 is 9.88 Å². The quantitative estimate of drug-likeness (QED) is 0.884. The van der Waals surface area contributed by atoms with Gasteiger partial charge in [-0.15, -0.1) is 0 Å². The second-order valence-corrected chi connectivity index (χ2v) is 4.06. The molecule has 0 aliphatic carbocycles. The molecule has 17 heavy (non-hydrogen) atoms. The van der Waals surface area contributed by atoms with Gasteiger partial charge in [0.1, 0.15) is 11.8 Å². The summed E-state index contributed by atoms with van der Waals surface area (Å²) in [7, 11) is 1.72. The van der Waals surface area contributed by atoms with Crippen LogP contribution in [0.4, 0.5) is 13.2 Å². The van der Waals surface area contributed by atoms with Crippen LogP contribution in [-0.4, -0.2) is 16.8 Å². The van der Waals surface area contributed by atoms with Crippen molar-refractivity contribution in [3.8, 4) is 6.07 Å². The van der Waals surface area contributed by atoms with Gasteiger partial charge in [0.25, 0.3) is 0 Å². The number of halogens is 3. The lowest BCUT2D eigenvalue weighted by atomic mass is 10.2.